The van der Waals surface area contributed by atoms with Gasteiger partial charge in [-0.2, -0.15) is 0 Å². The predicted octanol–water partition coefficient (Wildman–Crippen LogP) is 4.71. The first-order valence-electron chi connectivity index (χ1n) is 8.71. The van der Waals surface area contributed by atoms with Crippen LogP contribution in [-0.4, -0.2) is 39.1 Å². The Labute approximate surface area is 161 Å². The van der Waals surface area contributed by atoms with Gasteiger partial charge in [0.2, 0.25) is 0 Å². The molecule has 0 amide bonds. The van der Waals surface area contributed by atoms with Crippen molar-refractivity contribution in [2.24, 2.45) is 0 Å². The average molecular weight is 362 g/mol. The van der Waals surface area contributed by atoms with Gasteiger partial charge in [-0.1, -0.05) is 30.4 Å². The number of carbonyl (C=O) groups excluding carboxylic acids is 1. The summed E-state index contributed by atoms with van der Waals surface area (Å²) in [7, 11) is 7.89. The molecule has 0 heterocycles. The first-order chi connectivity index (χ1) is 12.9. The number of aliphatic hydroxyl groups is 1. The molecule has 0 unspecified atom stereocenters. The van der Waals surface area contributed by atoms with Crippen molar-refractivity contribution >= 4 is 23.2 Å². The van der Waals surface area contributed by atoms with E-state index in [2.05, 4.69) is 0 Å². The van der Waals surface area contributed by atoms with Crippen LogP contribution >= 0.6 is 0 Å². The second-order valence-corrected chi connectivity index (χ2v) is 6.58. The normalized spacial score (nSPS) is 11.9. The second-order valence-electron chi connectivity index (χ2n) is 6.58. The van der Waals surface area contributed by atoms with Gasteiger partial charge in [0.15, 0.2) is 5.78 Å². The number of allylic oxidation sites excluding steroid dienone is 4. The van der Waals surface area contributed by atoms with E-state index >= 15 is 0 Å². The molecule has 0 aliphatic rings. The van der Waals surface area contributed by atoms with Crippen LogP contribution in [0.25, 0.3) is 6.08 Å². The fourth-order valence-electron chi connectivity index (χ4n) is 2.39. The van der Waals surface area contributed by atoms with E-state index in [0.717, 1.165) is 16.9 Å². The minimum atomic E-state index is -0.231. The molecule has 2 rings (SSSR count). The Kier molecular flexibility index (Phi) is 7.00. The van der Waals surface area contributed by atoms with Crippen LogP contribution in [0.3, 0.4) is 0 Å². The standard InChI is InChI=1S/C23H26N2O2/c1-24(2)20-13-9-18(10-14-20)7-5-6-8-22(26)17-23(27)19-11-15-21(16-12-19)25(3)4/h5-17,26H,1-4H3/b7-5+,8-6+,22-17-. The average Bonchev–Trinajstić information content (AvgIpc) is 2.65. The zero-order chi connectivity index (χ0) is 19.8. The van der Waals surface area contributed by atoms with E-state index in [9.17, 15) is 9.90 Å². The molecule has 27 heavy (non-hydrogen) atoms. The van der Waals surface area contributed by atoms with E-state index in [1.807, 2.05) is 86.5 Å². The molecule has 0 aliphatic carbocycles. The zero-order valence-electron chi connectivity index (χ0n) is 16.3. The van der Waals surface area contributed by atoms with Crippen LogP contribution < -0.4 is 9.80 Å². The molecule has 0 aliphatic heterocycles. The lowest BCUT2D eigenvalue weighted by atomic mass is 10.1. The van der Waals surface area contributed by atoms with Crippen molar-refractivity contribution < 1.29 is 9.90 Å². The van der Waals surface area contributed by atoms with Crippen LogP contribution in [0, 0.1) is 0 Å². The molecule has 4 nitrogen and oxygen atoms in total. The highest BCUT2D eigenvalue weighted by Crippen LogP contribution is 2.14. The molecule has 2 aromatic rings. The van der Waals surface area contributed by atoms with E-state index in [1.54, 1.807) is 18.2 Å². The molecular weight excluding hydrogens is 336 g/mol. The molecule has 0 saturated heterocycles. The number of hydrogen-bond acceptors (Lipinski definition) is 4. The van der Waals surface area contributed by atoms with Crippen molar-refractivity contribution in [3.8, 4) is 0 Å². The molecular formula is C23H26N2O2. The van der Waals surface area contributed by atoms with Crippen LogP contribution in [0.15, 0.2) is 78.6 Å². The maximum atomic E-state index is 12.2. The number of nitrogens with zero attached hydrogens (tertiary/aromatic N) is 2. The molecule has 0 fully saturated rings. The van der Waals surface area contributed by atoms with Gasteiger partial charge in [0.25, 0.3) is 0 Å². The maximum Gasteiger partial charge on any atom is 0.189 e. The number of benzene rings is 2. The van der Waals surface area contributed by atoms with E-state index in [4.69, 9.17) is 0 Å². The molecule has 2 aromatic carbocycles. The van der Waals surface area contributed by atoms with Crippen LogP contribution in [0.4, 0.5) is 11.4 Å². The van der Waals surface area contributed by atoms with Gasteiger partial charge < -0.3 is 14.9 Å². The molecule has 0 atom stereocenters. The van der Waals surface area contributed by atoms with Gasteiger partial charge in [0, 0.05) is 51.2 Å². The van der Waals surface area contributed by atoms with E-state index in [1.165, 1.54) is 12.2 Å². The van der Waals surface area contributed by atoms with Crippen molar-refractivity contribution in [3.05, 3.63) is 89.7 Å². The summed E-state index contributed by atoms with van der Waals surface area (Å²) in [4.78, 5) is 16.2. The summed E-state index contributed by atoms with van der Waals surface area (Å²) in [5.74, 6) is -0.310. The van der Waals surface area contributed by atoms with Gasteiger partial charge in [-0.25, -0.2) is 0 Å². The minimum Gasteiger partial charge on any atom is -0.508 e. The summed E-state index contributed by atoms with van der Waals surface area (Å²) in [6, 6.07) is 15.4. The Morgan fingerprint density at radius 2 is 1.33 bits per heavy atom. The quantitative estimate of drug-likeness (QED) is 0.335. The molecule has 0 radical (unpaired) electrons. The van der Waals surface area contributed by atoms with Crippen LogP contribution in [0.5, 0.6) is 0 Å². The van der Waals surface area contributed by atoms with Crippen molar-refractivity contribution in [3.63, 3.8) is 0 Å². The summed E-state index contributed by atoms with van der Waals surface area (Å²) < 4.78 is 0. The first-order valence-corrected chi connectivity index (χ1v) is 8.71. The summed E-state index contributed by atoms with van der Waals surface area (Å²) in [6.45, 7) is 0. The Hall–Kier alpha value is -3.27. The fraction of sp³-hybridized carbons (Fsp3) is 0.174. The van der Waals surface area contributed by atoms with Gasteiger partial charge in [-0.15, -0.1) is 0 Å². The number of rotatable bonds is 7. The van der Waals surface area contributed by atoms with Crippen molar-refractivity contribution in [2.75, 3.05) is 38.0 Å². The Bertz CT molecular complexity index is 843. The Balaban J connectivity index is 1.96. The van der Waals surface area contributed by atoms with Crippen molar-refractivity contribution in [1.29, 1.82) is 0 Å². The van der Waals surface area contributed by atoms with E-state index in [-0.39, 0.29) is 11.5 Å². The van der Waals surface area contributed by atoms with Crippen molar-refractivity contribution in [1.82, 2.24) is 0 Å². The van der Waals surface area contributed by atoms with Gasteiger partial charge in [-0.3, -0.25) is 4.79 Å². The third-order valence-corrected chi connectivity index (χ3v) is 4.02. The Morgan fingerprint density at radius 1 is 0.815 bits per heavy atom. The Morgan fingerprint density at radius 3 is 1.85 bits per heavy atom. The van der Waals surface area contributed by atoms with Crippen LogP contribution in [0.2, 0.25) is 0 Å². The highest BCUT2D eigenvalue weighted by Gasteiger charge is 2.04. The van der Waals surface area contributed by atoms with E-state index < -0.39 is 0 Å². The minimum absolute atomic E-state index is 0.0794. The maximum absolute atomic E-state index is 12.2. The first kappa shape index (κ1) is 20.0. The van der Waals surface area contributed by atoms with Crippen molar-refractivity contribution in [2.45, 2.75) is 0 Å². The SMILES string of the molecule is CN(C)c1ccc(/C=C/C=C/C(O)=C/C(=O)c2ccc(N(C)C)cc2)cc1. The van der Waals surface area contributed by atoms with E-state index in [0.29, 0.717) is 5.56 Å². The monoisotopic (exact) mass is 362 g/mol. The van der Waals surface area contributed by atoms with Gasteiger partial charge in [-0.05, 0) is 48.0 Å². The molecule has 0 bridgehead atoms. The number of ketones is 1. The van der Waals surface area contributed by atoms with Gasteiger partial charge in [0.1, 0.15) is 5.76 Å². The van der Waals surface area contributed by atoms with Crippen LogP contribution in [0.1, 0.15) is 15.9 Å². The summed E-state index contributed by atoms with van der Waals surface area (Å²) in [6.07, 6.45) is 8.18. The molecule has 0 saturated carbocycles. The third-order valence-electron chi connectivity index (χ3n) is 4.02. The van der Waals surface area contributed by atoms with Crippen LogP contribution in [-0.2, 0) is 0 Å². The largest absolute Gasteiger partial charge is 0.508 e. The summed E-state index contributed by atoms with van der Waals surface area (Å²) in [5.41, 5.74) is 3.76. The fourth-order valence-corrected chi connectivity index (χ4v) is 2.39. The summed E-state index contributed by atoms with van der Waals surface area (Å²) in [5, 5.41) is 9.92. The molecule has 1 N–H and O–H groups in total. The number of hydrogen-bond donors (Lipinski definition) is 1. The second kappa shape index (κ2) is 9.43. The number of aliphatic hydroxyl groups excluding tert-OH is 1. The lowest BCUT2D eigenvalue weighted by molar-refractivity contribution is 0.104. The van der Waals surface area contributed by atoms with Gasteiger partial charge in [0.05, 0.1) is 0 Å². The predicted molar refractivity (Wildman–Crippen MR) is 115 cm³/mol. The highest BCUT2D eigenvalue weighted by molar-refractivity contribution is 6.05. The summed E-state index contributed by atoms with van der Waals surface area (Å²) >= 11 is 0. The zero-order valence-corrected chi connectivity index (χ0v) is 16.3. The molecule has 4 heteroatoms. The third kappa shape index (κ3) is 6.19. The topological polar surface area (TPSA) is 43.8 Å². The highest BCUT2D eigenvalue weighted by atomic mass is 16.3. The van der Waals surface area contributed by atoms with Gasteiger partial charge >= 0.3 is 0 Å². The molecule has 0 spiro atoms. The lowest BCUT2D eigenvalue weighted by Gasteiger charge is -2.11. The smallest absolute Gasteiger partial charge is 0.189 e. The number of carbonyl (C=O) groups is 1. The molecule has 0 aromatic heterocycles. The number of anilines is 2. The molecule has 140 valence electrons. The lowest BCUT2D eigenvalue weighted by Crippen LogP contribution is -2.08.